The number of aromatic nitrogens is 4. The fourth-order valence-corrected chi connectivity index (χ4v) is 2.82. The van der Waals surface area contributed by atoms with Crippen molar-refractivity contribution >= 4 is 33.9 Å². The van der Waals surface area contributed by atoms with Crippen LogP contribution in [-0.2, 0) is 11.2 Å². The predicted molar refractivity (Wildman–Crippen MR) is 98.2 cm³/mol. The maximum atomic E-state index is 13.3. The number of hydrogen-bond acceptors (Lipinski definition) is 5. The average Bonchev–Trinajstić information content (AvgIpc) is 3.08. The summed E-state index contributed by atoms with van der Waals surface area (Å²) in [7, 11) is 0. The third-order valence-electron chi connectivity index (χ3n) is 4.18. The van der Waals surface area contributed by atoms with Gasteiger partial charge in [0.2, 0.25) is 0 Å². The molecule has 28 heavy (non-hydrogen) atoms. The summed E-state index contributed by atoms with van der Waals surface area (Å²) in [5.41, 5.74) is 2.12. The van der Waals surface area contributed by atoms with Gasteiger partial charge in [0.15, 0.2) is 0 Å². The molecule has 0 bridgehead atoms. The van der Waals surface area contributed by atoms with E-state index in [0.717, 1.165) is 0 Å². The molecule has 2 aromatic heterocycles. The highest BCUT2D eigenvalue weighted by atomic mass is 19.1. The van der Waals surface area contributed by atoms with Crippen molar-refractivity contribution in [3.05, 3.63) is 66.0 Å². The number of nitrogens with one attached hydrogen (secondary N) is 2. The van der Waals surface area contributed by atoms with E-state index in [2.05, 4.69) is 25.3 Å². The molecule has 0 saturated heterocycles. The molecule has 140 valence electrons. The molecule has 0 unspecified atom stereocenters. The van der Waals surface area contributed by atoms with Gasteiger partial charge in [-0.25, -0.2) is 19.2 Å². The number of nitrogens with zero attached hydrogens (tertiary/aromatic N) is 3. The summed E-state index contributed by atoms with van der Waals surface area (Å²) in [5.74, 6) is -2.00. The number of para-hydroxylation sites is 2. The van der Waals surface area contributed by atoms with Crippen LogP contribution in [0.1, 0.15) is 16.3 Å². The van der Waals surface area contributed by atoms with Crippen molar-refractivity contribution in [2.24, 2.45) is 0 Å². The molecule has 0 radical (unpaired) electrons. The second-order valence-electron chi connectivity index (χ2n) is 6.16. The normalized spacial score (nSPS) is 12.2. The van der Waals surface area contributed by atoms with Gasteiger partial charge in [-0.2, -0.15) is 0 Å². The van der Waals surface area contributed by atoms with Crippen LogP contribution in [0.25, 0.3) is 22.1 Å². The van der Waals surface area contributed by atoms with Crippen molar-refractivity contribution < 1.29 is 19.1 Å². The summed E-state index contributed by atoms with van der Waals surface area (Å²) in [6.07, 6.45) is 1.19. The van der Waals surface area contributed by atoms with E-state index >= 15 is 0 Å². The molecular weight excluding hydrogens is 365 g/mol. The molecule has 0 aliphatic carbocycles. The number of imidazole rings is 1. The van der Waals surface area contributed by atoms with E-state index in [1.807, 2.05) is 0 Å². The number of amides is 1. The van der Waals surface area contributed by atoms with Crippen molar-refractivity contribution in [3.63, 3.8) is 0 Å². The van der Waals surface area contributed by atoms with Gasteiger partial charge in [-0.15, -0.1) is 0 Å². The predicted octanol–water partition coefficient (Wildman–Crippen LogP) is 2.07. The van der Waals surface area contributed by atoms with Gasteiger partial charge < -0.3 is 15.4 Å². The highest BCUT2D eigenvalue weighted by molar-refractivity contribution is 5.96. The zero-order valence-corrected chi connectivity index (χ0v) is 14.4. The van der Waals surface area contributed by atoms with Gasteiger partial charge in [-0.3, -0.25) is 9.78 Å². The number of aromatic amines is 1. The van der Waals surface area contributed by atoms with Crippen LogP contribution in [0.4, 0.5) is 4.39 Å². The maximum Gasteiger partial charge on any atom is 0.326 e. The van der Waals surface area contributed by atoms with Gasteiger partial charge in [0.25, 0.3) is 5.91 Å². The first kappa shape index (κ1) is 17.5. The number of carboxylic acids is 1. The quantitative estimate of drug-likeness (QED) is 0.488. The Balaban J connectivity index is 1.55. The summed E-state index contributed by atoms with van der Waals surface area (Å²) in [4.78, 5) is 39.5. The number of fused-ring (bicyclic) bond motifs is 2. The standard InChI is InChI=1S/C19H14FN5O3/c20-10-5-6-13-14(7-10)24-17(23-13)8-15(19(27)28)25-18(26)16-9-21-11-3-1-2-4-12(11)22-16/h1-7,9,15H,8H2,(H,23,24)(H,25,26)(H,27,28)/t15-/m1/s1. The topological polar surface area (TPSA) is 121 Å². The van der Waals surface area contributed by atoms with Crippen molar-refractivity contribution in [1.29, 1.82) is 0 Å². The summed E-state index contributed by atoms with van der Waals surface area (Å²) in [6, 6.07) is 9.82. The molecule has 1 amide bonds. The lowest BCUT2D eigenvalue weighted by Crippen LogP contribution is -2.42. The molecule has 4 rings (SSSR count). The number of carboxylic acid groups (broad SMARTS) is 1. The number of carbonyl (C=O) groups excluding carboxylic acids is 1. The number of hydrogen-bond donors (Lipinski definition) is 3. The smallest absolute Gasteiger partial charge is 0.326 e. The van der Waals surface area contributed by atoms with Gasteiger partial charge >= 0.3 is 5.97 Å². The Bertz CT molecular complexity index is 1210. The van der Waals surface area contributed by atoms with Crippen LogP contribution < -0.4 is 5.32 Å². The first-order chi connectivity index (χ1) is 13.5. The molecule has 0 fully saturated rings. The Hall–Kier alpha value is -3.88. The van der Waals surface area contributed by atoms with E-state index in [1.54, 1.807) is 24.3 Å². The fraction of sp³-hybridized carbons (Fsp3) is 0.105. The molecule has 0 saturated carbocycles. The van der Waals surface area contributed by atoms with Gasteiger partial charge in [0, 0.05) is 6.42 Å². The van der Waals surface area contributed by atoms with Crippen LogP contribution >= 0.6 is 0 Å². The molecular formula is C19H14FN5O3. The summed E-state index contributed by atoms with van der Waals surface area (Å²) < 4.78 is 13.3. The van der Waals surface area contributed by atoms with E-state index in [9.17, 15) is 19.1 Å². The number of carbonyl (C=O) groups is 2. The monoisotopic (exact) mass is 379 g/mol. The Morgan fingerprint density at radius 3 is 2.68 bits per heavy atom. The van der Waals surface area contributed by atoms with E-state index in [0.29, 0.717) is 27.9 Å². The van der Waals surface area contributed by atoms with Crippen molar-refractivity contribution in [2.75, 3.05) is 0 Å². The minimum atomic E-state index is -1.24. The second kappa shape index (κ2) is 7.03. The van der Waals surface area contributed by atoms with Crippen LogP contribution in [-0.4, -0.2) is 43.0 Å². The van der Waals surface area contributed by atoms with Crippen molar-refractivity contribution in [2.45, 2.75) is 12.5 Å². The number of H-pyrrole nitrogens is 1. The van der Waals surface area contributed by atoms with Crippen molar-refractivity contribution in [1.82, 2.24) is 25.3 Å². The average molecular weight is 379 g/mol. The maximum absolute atomic E-state index is 13.3. The minimum Gasteiger partial charge on any atom is -0.480 e. The Labute approximate surface area is 157 Å². The SMILES string of the molecule is O=C(N[C@H](Cc1nc2ccc(F)cc2[nH]1)C(=O)O)c1cnc2ccccc2n1. The molecule has 3 N–H and O–H groups in total. The molecule has 1 atom stereocenters. The number of aliphatic carboxylic acids is 1. The first-order valence-electron chi connectivity index (χ1n) is 8.39. The molecule has 0 aliphatic rings. The third-order valence-corrected chi connectivity index (χ3v) is 4.18. The Kier molecular flexibility index (Phi) is 4.40. The van der Waals surface area contributed by atoms with Gasteiger partial charge in [0.1, 0.15) is 23.4 Å². The summed E-state index contributed by atoms with van der Waals surface area (Å²) in [6.45, 7) is 0. The van der Waals surface area contributed by atoms with E-state index in [4.69, 9.17) is 0 Å². The molecule has 0 spiro atoms. The highest BCUT2D eigenvalue weighted by Gasteiger charge is 2.23. The van der Waals surface area contributed by atoms with Crippen LogP contribution in [0.5, 0.6) is 0 Å². The van der Waals surface area contributed by atoms with Crippen LogP contribution in [0.15, 0.2) is 48.7 Å². The first-order valence-corrected chi connectivity index (χ1v) is 8.39. The molecule has 2 aromatic carbocycles. The van der Waals surface area contributed by atoms with E-state index in [-0.39, 0.29) is 12.1 Å². The highest BCUT2D eigenvalue weighted by Crippen LogP contribution is 2.14. The van der Waals surface area contributed by atoms with Crippen LogP contribution in [0.3, 0.4) is 0 Å². The van der Waals surface area contributed by atoms with Crippen molar-refractivity contribution in [3.8, 4) is 0 Å². The lowest BCUT2D eigenvalue weighted by molar-refractivity contribution is -0.139. The second-order valence-corrected chi connectivity index (χ2v) is 6.16. The Morgan fingerprint density at radius 2 is 1.89 bits per heavy atom. The molecule has 2 heterocycles. The van der Waals surface area contributed by atoms with Gasteiger partial charge in [-0.1, -0.05) is 12.1 Å². The van der Waals surface area contributed by atoms with Crippen LogP contribution in [0.2, 0.25) is 0 Å². The lowest BCUT2D eigenvalue weighted by Gasteiger charge is -2.13. The fourth-order valence-electron chi connectivity index (χ4n) is 2.82. The summed E-state index contributed by atoms with van der Waals surface area (Å²) >= 11 is 0. The zero-order valence-electron chi connectivity index (χ0n) is 14.4. The van der Waals surface area contributed by atoms with Crippen LogP contribution in [0, 0.1) is 5.82 Å². The number of halogens is 1. The Morgan fingerprint density at radius 1 is 1.11 bits per heavy atom. The molecule has 0 aliphatic heterocycles. The number of benzene rings is 2. The third kappa shape index (κ3) is 3.50. The van der Waals surface area contributed by atoms with Gasteiger partial charge in [0.05, 0.1) is 28.3 Å². The minimum absolute atomic E-state index is 0.0108. The summed E-state index contributed by atoms with van der Waals surface area (Å²) in [5, 5.41) is 11.9. The van der Waals surface area contributed by atoms with Gasteiger partial charge in [-0.05, 0) is 30.3 Å². The molecule has 9 heteroatoms. The van der Waals surface area contributed by atoms with E-state index < -0.39 is 23.7 Å². The zero-order chi connectivity index (χ0) is 19.7. The van der Waals surface area contributed by atoms with E-state index in [1.165, 1.54) is 24.4 Å². The molecule has 8 nitrogen and oxygen atoms in total. The number of rotatable bonds is 5. The molecule has 4 aromatic rings. The largest absolute Gasteiger partial charge is 0.480 e. The lowest BCUT2D eigenvalue weighted by atomic mass is 10.2.